The number of benzene rings is 1. The minimum atomic E-state index is -0.258. The summed E-state index contributed by atoms with van der Waals surface area (Å²) in [6.45, 7) is 1.34. The summed E-state index contributed by atoms with van der Waals surface area (Å²) in [5.74, 6) is -0.0400. The van der Waals surface area contributed by atoms with E-state index in [1.54, 1.807) is 29.2 Å². The van der Waals surface area contributed by atoms with Gasteiger partial charge in [0.2, 0.25) is 5.91 Å². The highest BCUT2D eigenvalue weighted by Crippen LogP contribution is 2.11. The fraction of sp³-hybridized carbons (Fsp3) is 0.308. The van der Waals surface area contributed by atoms with Crippen molar-refractivity contribution >= 4 is 17.6 Å². The Kier molecular flexibility index (Phi) is 3.98. The van der Waals surface area contributed by atoms with Crippen molar-refractivity contribution in [3.8, 4) is 6.07 Å². The average Bonchev–Trinajstić information content (AvgIpc) is 2.64. The monoisotopic (exact) mass is 258 g/mol. The van der Waals surface area contributed by atoms with Crippen LogP contribution in [0.4, 0.5) is 10.5 Å². The molecule has 0 radical (unpaired) electrons. The molecule has 0 spiro atoms. The smallest absolute Gasteiger partial charge is 0.321 e. The summed E-state index contributed by atoms with van der Waals surface area (Å²) in [5.41, 5.74) is 1.07. The molecule has 0 saturated carbocycles. The number of hydrogen-bond acceptors (Lipinski definition) is 3. The summed E-state index contributed by atoms with van der Waals surface area (Å²) < 4.78 is 0. The molecule has 6 heteroatoms. The molecule has 0 unspecified atom stereocenters. The van der Waals surface area contributed by atoms with Gasteiger partial charge < -0.3 is 15.5 Å². The van der Waals surface area contributed by atoms with Crippen LogP contribution >= 0.6 is 0 Å². The number of carbonyl (C=O) groups excluding carboxylic acids is 2. The molecule has 19 heavy (non-hydrogen) atoms. The Morgan fingerprint density at radius 3 is 3.05 bits per heavy atom. The third-order valence-electron chi connectivity index (χ3n) is 2.84. The molecule has 1 fully saturated rings. The molecule has 1 aromatic carbocycles. The van der Waals surface area contributed by atoms with Gasteiger partial charge in [-0.1, -0.05) is 6.07 Å². The maximum atomic E-state index is 12.0. The molecule has 3 amide bonds. The van der Waals surface area contributed by atoms with Gasteiger partial charge in [0, 0.05) is 31.7 Å². The van der Waals surface area contributed by atoms with Crippen LogP contribution in [0.5, 0.6) is 0 Å². The van der Waals surface area contributed by atoms with E-state index in [1.807, 2.05) is 6.07 Å². The molecule has 98 valence electrons. The number of nitriles is 1. The summed E-state index contributed by atoms with van der Waals surface area (Å²) in [7, 11) is 0. The van der Waals surface area contributed by atoms with Crippen molar-refractivity contribution in [3.63, 3.8) is 0 Å². The first-order valence-electron chi connectivity index (χ1n) is 6.02. The lowest BCUT2D eigenvalue weighted by atomic mass is 10.2. The van der Waals surface area contributed by atoms with Crippen molar-refractivity contribution in [3.05, 3.63) is 29.8 Å². The Hall–Kier alpha value is -2.55. The van der Waals surface area contributed by atoms with Gasteiger partial charge in [-0.3, -0.25) is 4.79 Å². The summed E-state index contributed by atoms with van der Waals surface area (Å²) >= 11 is 0. The van der Waals surface area contributed by atoms with E-state index in [1.165, 1.54) is 0 Å². The highest BCUT2D eigenvalue weighted by molar-refractivity contribution is 5.90. The molecule has 0 aliphatic carbocycles. The minimum Gasteiger partial charge on any atom is -0.354 e. The first kappa shape index (κ1) is 12.9. The van der Waals surface area contributed by atoms with Crippen molar-refractivity contribution in [1.82, 2.24) is 10.2 Å². The third-order valence-corrected chi connectivity index (χ3v) is 2.84. The molecule has 0 atom stereocenters. The SMILES string of the molecule is N#Cc1cccc(NC(=O)N2CCNC(=O)CC2)c1. The molecule has 2 rings (SSSR count). The number of urea groups is 1. The first-order chi connectivity index (χ1) is 9.19. The lowest BCUT2D eigenvalue weighted by Gasteiger charge is -2.20. The molecule has 1 aliphatic rings. The zero-order valence-corrected chi connectivity index (χ0v) is 10.3. The third kappa shape index (κ3) is 3.45. The van der Waals surface area contributed by atoms with Gasteiger partial charge in [0.1, 0.15) is 0 Å². The molecule has 1 aliphatic heterocycles. The second-order valence-electron chi connectivity index (χ2n) is 4.21. The van der Waals surface area contributed by atoms with Gasteiger partial charge in [-0.2, -0.15) is 5.26 Å². The summed E-state index contributed by atoms with van der Waals surface area (Å²) in [6.07, 6.45) is 0.311. The number of hydrogen-bond donors (Lipinski definition) is 2. The number of nitrogens with zero attached hydrogens (tertiary/aromatic N) is 2. The number of amides is 3. The van der Waals surface area contributed by atoms with E-state index >= 15 is 0 Å². The van der Waals surface area contributed by atoms with Crippen molar-refractivity contribution in [1.29, 1.82) is 5.26 Å². The van der Waals surface area contributed by atoms with Gasteiger partial charge in [-0.05, 0) is 18.2 Å². The number of rotatable bonds is 1. The topological polar surface area (TPSA) is 85.2 Å². The minimum absolute atomic E-state index is 0.0400. The molecule has 1 saturated heterocycles. The van der Waals surface area contributed by atoms with Crippen LogP contribution in [-0.2, 0) is 4.79 Å². The Bertz CT molecular complexity index is 536. The van der Waals surface area contributed by atoms with Crippen LogP contribution in [0, 0.1) is 11.3 Å². The number of nitrogens with one attached hydrogen (secondary N) is 2. The molecule has 1 heterocycles. The molecular weight excluding hydrogens is 244 g/mol. The largest absolute Gasteiger partial charge is 0.354 e. The summed E-state index contributed by atoms with van der Waals surface area (Å²) in [5, 5.41) is 14.2. The van der Waals surface area contributed by atoms with Crippen LogP contribution in [0.25, 0.3) is 0 Å². The molecule has 1 aromatic rings. The Labute approximate surface area is 111 Å². The second-order valence-corrected chi connectivity index (χ2v) is 4.21. The average molecular weight is 258 g/mol. The molecule has 2 N–H and O–H groups in total. The van der Waals surface area contributed by atoms with E-state index < -0.39 is 0 Å². The fourth-order valence-corrected chi connectivity index (χ4v) is 1.84. The predicted molar refractivity (Wildman–Crippen MR) is 69.4 cm³/mol. The van der Waals surface area contributed by atoms with Crippen molar-refractivity contribution in [2.45, 2.75) is 6.42 Å². The quantitative estimate of drug-likeness (QED) is 0.785. The summed E-state index contributed by atoms with van der Waals surface area (Å²) in [4.78, 5) is 24.8. The zero-order valence-electron chi connectivity index (χ0n) is 10.3. The second kappa shape index (κ2) is 5.87. The standard InChI is InChI=1S/C13H14N4O2/c14-9-10-2-1-3-11(8-10)16-13(19)17-6-4-12(18)15-5-7-17/h1-3,8H,4-7H2,(H,15,18)(H,16,19). The Morgan fingerprint density at radius 1 is 1.42 bits per heavy atom. The van der Waals surface area contributed by atoms with Crippen LogP contribution < -0.4 is 10.6 Å². The number of carbonyl (C=O) groups is 2. The van der Waals surface area contributed by atoms with Crippen LogP contribution in [0.1, 0.15) is 12.0 Å². The Morgan fingerprint density at radius 2 is 2.26 bits per heavy atom. The lowest BCUT2D eigenvalue weighted by molar-refractivity contribution is -0.120. The highest BCUT2D eigenvalue weighted by Gasteiger charge is 2.18. The molecule has 0 aromatic heterocycles. The predicted octanol–water partition coefficient (Wildman–Crippen LogP) is 0.912. The molecule has 0 bridgehead atoms. The maximum Gasteiger partial charge on any atom is 0.321 e. The van der Waals surface area contributed by atoms with Crippen molar-refractivity contribution in [2.24, 2.45) is 0 Å². The van der Waals surface area contributed by atoms with E-state index in [0.717, 1.165) is 0 Å². The van der Waals surface area contributed by atoms with E-state index in [4.69, 9.17) is 5.26 Å². The van der Waals surface area contributed by atoms with Crippen molar-refractivity contribution < 1.29 is 9.59 Å². The van der Waals surface area contributed by atoms with Gasteiger partial charge in [0.25, 0.3) is 0 Å². The van der Waals surface area contributed by atoms with Gasteiger partial charge in [-0.15, -0.1) is 0 Å². The van der Waals surface area contributed by atoms with Gasteiger partial charge >= 0.3 is 6.03 Å². The van der Waals surface area contributed by atoms with Crippen molar-refractivity contribution in [2.75, 3.05) is 25.0 Å². The van der Waals surface area contributed by atoms with Gasteiger partial charge in [0.15, 0.2) is 0 Å². The van der Waals surface area contributed by atoms with E-state index in [0.29, 0.717) is 37.3 Å². The first-order valence-corrected chi connectivity index (χ1v) is 6.02. The highest BCUT2D eigenvalue weighted by atomic mass is 16.2. The van der Waals surface area contributed by atoms with E-state index in [9.17, 15) is 9.59 Å². The van der Waals surface area contributed by atoms with Crippen LogP contribution in [0.15, 0.2) is 24.3 Å². The zero-order chi connectivity index (χ0) is 13.7. The van der Waals surface area contributed by atoms with Crippen LogP contribution in [-0.4, -0.2) is 36.5 Å². The maximum absolute atomic E-state index is 12.0. The van der Waals surface area contributed by atoms with E-state index in [-0.39, 0.29) is 11.9 Å². The molecular formula is C13H14N4O2. The summed E-state index contributed by atoms with van der Waals surface area (Å²) in [6, 6.07) is 8.47. The van der Waals surface area contributed by atoms with Gasteiger partial charge in [-0.25, -0.2) is 4.79 Å². The fourth-order valence-electron chi connectivity index (χ4n) is 1.84. The normalized spacial score (nSPS) is 15.1. The number of anilines is 1. The lowest BCUT2D eigenvalue weighted by Crippen LogP contribution is -2.37. The van der Waals surface area contributed by atoms with Crippen LogP contribution in [0.3, 0.4) is 0 Å². The van der Waals surface area contributed by atoms with Gasteiger partial charge in [0.05, 0.1) is 11.6 Å². The molecule has 6 nitrogen and oxygen atoms in total. The Balaban J connectivity index is 2.00. The van der Waals surface area contributed by atoms with E-state index in [2.05, 4.69) is 10.6 Å². The van der Waals surface area contributed by atoms with Crippen LogP contribution in [0.2, 0.25) is 0 Å².